The van der Waals surface area contributed by atoms with Gasteiger partial charge >= 0.3 is 0 Å². The Morgan fingerprint density at radius 3 is 2.94 bits per heavy atom. The van der Waals surface area contributed by atoms with Crippen LogP contribution < -0.4 is 11.1 Å². The highest BCUT2D eigenvalue weighted by Gasteiger charge is 2.09. The summed E-state index contributed by atoms with van der Waals surface area (Å²) in [6.45, 7) is 2.16. The molecular formula is C9H12N6O. The van der Waals surface area contributed by atoms with Gasteiger partial charge in [0, 0.05) is 17.8 Å². The van der Waals surface area contributed by atoms with Crippen LogP contribution >= 0.6 is 0 Å². The van der Waals surface area contributed by atoms with Crippen molar-refractivity contribution in [3.8, 4) is 0 Å². The van der Waals surface area contributed by atoms with E-state index in [1.807, 2.05) is 6.92 Å². The molecule has 16 heavy (non-hydrogen) atoms. The maximum atomic E-state index is 11.6. The topological polar surface area (TPSA) is 112 Å². The quantitative estimate of drug-likeness (QED) is 0.581. The number of carbonyl (C=O) groups excluding carboxylic acids is 1. The zero-order valence-corrected chi connectivity index (χ0v) is 8.74. The Hall–Kier alpha value is -2.31. The van der Waals surface area contributed by atoms with Gasteiger partial charge < -0.3 is 11.1 Å². The minimum atomic E-state index is -0.245. The molecular weight excluding hydrogens is 208 g/mol. The van der Waals surface area contributed by atoms with Crippen LogP contribution in [0.25, 0.3) is 0 Å². The molecule has 1 amide bonds. The molecule has 2 aromatic rings. The molecule has 0 aliphatic heterocycles. The van der Waals surface area contributed by atoms with Gasteiger partial charge in [-0.15, -0.1) is 0 Å². The number of aromatic amines is 2. The number of nitrogens with one attached hydrogen (secondary N) is 3. The second-order valence-electron chi connectivity index (χ2n) is 3.43. The Kier molecular flexibility index (Phi) is 2.59. The lowest BCUT2D eigenvalue weighted by atomic mass is 10.3. The van der Waals surface area contributed by atoms with Gasteiger partial charge in [-0.2, -0.15) is 10.2 Å². The number of amides is 1. The van der Waals surface area contributed by atoms with Crippen LogP contribution in [-0.2, 0) is 6.54 Å². The van der Waals surface area contributed by atoms with E-state index in [0.29, 0.717) is 18.1 Å². The number of hydrogen-bond acceptors (Lipinski definition) is 4. The van der Waals surface area contributed by atoms with E-state index in [4.69, 9.17) is 5.73 Å². The molecule has 0 bridgehead atoms. The molecule has 0 aliphatic rings. The number of hydrogen-bond donors (Lipinski definition) is 4. The van der Waals surface area contributed by atoms with E-state index in [1.165, 1.54) is 0 Å². The highest BCUT2D eigenvalue weighted by molar-refractivity contribution is 5.92. The molecule has 0 fully saturated rings. The molecule has 0 atom stereocenters. The summed E-state index contributed by atoms with van der Waals surface area (Å²) in [7, 11) is 0. The van der Waals surface area contributed by atoms with Crippen LogP contribution in [0.5, 0.6) is 0 Å². The predicted molar refractivity (Wildman–Crippen MR) is 57.5 cm³/mol. The minimum absolute atomic E-state index is 0.245. The minimum Gasteiger partial charge on any atom is -0.384 e. The van der Waals surface area contributed by atoms with Gasteiger partial charge in [0.05, 0.1) is 6.20 Å². The second kappa shape index (κ2) is 4.05. The van der Waals surface area contributed by atoms with Gasteiger partial charge in [0.25, 0.3) is 5.91 Å². The van der Waals surface area contributed by atoms with E-state index in [0.717, 1.165) is 11.3 Å². The number of aryl methyl sites for hydroxylation is 1. The molecule has 0 unspecified atom stereocenters. The average molecular weight is 220 g/mol. The third-order valence-corrected chi connectivity index (χ3v) is 2.13. The van der Waals surface area contributed by atoms with Crippen molar-refractivity contribution in [1.29, 1.82) is 0 Å². The lowest BCUT2D eigenvalue weighted by Crippen LogP contribution is -2.23. The lowest BCUT2D eigenvalue weighted by molar-refractivity contribution is 0.0946. The lowest BCUT2D eigenvalue weighted by Gasteiger charge is -2.01. The first-order chi connectivity index (χ1) is 7.66. The van der Waals surface area contributed by atoms with Gasteiger partial charge in [0.2, 0.25) is 0 Å². The zero-order chi connectivity index (χ0) is 11.5. The third kappa shape index (κ3) is 2.02. The number of nitrogen functional groups attached to an aromatic ring is 1. The van der Waals surface area contributed by atoms with Crippen LogP contribution in [0.1, 0.15) is 21.7 Å². The van der Waals surface area contributed by atoms with Crippen molar-refractivity contribution >= 4 is 11.7 Å². The fourth-order valence-corrected chi connectivity index (χ4v) is 1.26. The molecule has 2 heterocycles. The SMILES string of the molecule is Cc1cc(C(=O)NCc2cn[nH]c2N)n[nH]1. The molecule has 0 spiro atoms. The van der Waals surface area contributed by atoms with Crippen LogP contribution in [0.15, 0.2) is 12.3 Å². The number of rotatable bonds is 3. The summed E-state index contributed by atoms with van der Waals surface area (Å²) in [6, 6.07) is 1.67. The summed E-state index contributed by atoms with van der Waals surface area (Å²) in [5.74, 6) is 0.212. The van der Waals surface area contributed by atoms with Gasteiger partial charge in [-0.25, -0.2) is 0 Å². The van der Waals surface area contributed by atoms with Gasteiger partial charge in [-0.1, -0.05) is 0 Å². The predicted octanol–water partition coefficient (Wildman–Crippen LogP) is -0.0466. The van der Waals surface area contributed by atoms with Crippen LogP contribution in [0.3, 0.4) is 0 Å². The zero-order valence-electron chi connectivity index (χ0n) is 8.74. The van der Waals surface area contributed by atoms with E-state index in [1.54, 1.807) is 12.3 Å². The molecule has 5 N–H and O–H groups in total. The molecule has 0 radical (unpaired) electrons. The standard InChI is InChI=1S/C9H12N6O/c1-5-2-7(14-13-5)9(16)11-3-6-4-12-15-8(6)10/h2,4H,3H2,1H3,(H,11,16)(H,13,14)(H3,10,12,15). The first kappa shape index (κ1) is 10.2. The number of carbonyl (C=O) groups is 1. The molecule has 2 aromatic heterocycles. The van der Waals surface area contributed by atoms with Crippen molar-refractivity contribution in [2.75, 3.05) is 5.73 Å². The van der Waals surface area contributed by atoms with Crippen LogP contribution in [0, 0.1) is 6.92 Å². The smallest absolute Gasteiger partial charge is 0.272 e. The highest BCUT2D eigenvalue weighted by atomic mass is 16.1. The summed E-state index contributed by atoms with van der Waals surface area (Å²) in [4.78, 5) is 11.6. The number of nitrogens with zero attached hydrogens (tertiary/aromatic N) is 2. The average Bonchev–Trinajstić information content (AvgIpc) is 2.84. The number of nitrogens with two attached hydrogens (primary N) is 1. The van der Waals surface area contributed by atoms with Crippen molar-refractivity contribution in [2.45, 2.75) is 13.5 Å². The Bertz CT molecular complexity index is 500. The van der Waals surface area contributed by atoms with Crippen LogP contribution in [0.4, 0.5) is 5.82 Å². The monoisotopic (exact) mass is 220 g/mol. The molecule has 7 nitrogen and oxygen atoms in total. The Labute approximate surface area is 91.4 Å². The van der Waals surface area contributed by atoms with Crippen molar-refractivity contribution in [2.24, 2.45) is 0 Å². The summed E-state index contributed by atoms with van der Waals surface area (Å²) < 4.78 is 0. The van der Waals surface area contributed by atoms with Crippen molar-refractivity contribution in [3.05, 3.63) is 29.2 Å². The fourth-order valence-electron chi connectivity index (χ4n) is 1.26. The number of H-pyrrole nitrogens is 2. The Balaban J connectivity index is 1.96. The summed E-state index contributed by atoms with van der Waals surface area (Å²) in [5.41, 5.74) is 7.53. The van der Waals surface area contributed by atoms with Crippen molar-refractivity contribution in [3.63, 3.8) is 0 Å². The van der Waals surface area contributed by atoms with E-state index in [-0.39, 0.29) is 5.91 Å². The van der Waals surface area contributed by atoms with E-state index in [2.05, 4.69) is 25.7 Å². The van der Waals surface area contributed by atoms with Gasteiger partial charge in [0.1, 0.15) is 11.5 Å². The Morgan fingerprint density at radius 1 is 1.56 bits per heavy atom. The summed E-state index contributed by atoms with van der Waals surface area (Å²) in [5, 5.41) is 15.6. The fraction of sp³-hybridized carbons (Fsp3) is 0.222. The molecule has 0 saturated heterocycles. The van der Waals surface area contributed by atoms with Crippen LogP contribution in [0.2, 0.25) is 0 Å². The van der Waals surface area contributed by atoms with Gasteiger partial charge in [-0.05, 0) is 13.0 Å². The molecule has 2 rings (SSSR count). The van der Waals surface area contributed by atoms with E-state index in [9.17, 15) is 4.79 Å². The number of anilines is 1. The molecule has 0 aliphatic carbocycles. The largest absolute Gasteiger partial charge is 0.384 e. The number of aromatic nitrogens is 4. The first-order valence-electron chi connectivity index (χ1n) is 4.74. The van der Waals surface area contributed by atoms with Crippen molar-refractivity contribution in [1.82, 2.24) is 25.7 Å². The molecule has 7 heteroatoms. The van der Waals surface area contributed by atoms with E-state index >= 15 is 0 Å². The van der Waals surface area contributed by atoms with Gasteiger partial charge in [-0.3, -0.25) is 15.0 Å². The normalized spacial score (nSPS) is 10.3. The van der Waals surface area contributed by atoms with Crippen molar-refractivity contribution < 1.29 is 4.79 Å². The van der Waals surface area contributed by atoms with E-state index < -0.39 is 0 Å². The third-order valence-electron chi connectivity index (χ3n) is 2.13. The van der Waals surface area contributed by atoms with Gasteiger partial charge in [0.15, 0.2) is 0 Å². The maximum Gasteiger partial charge on any atom is 0.272 e. The molecule has 0 aromatic carbocycles. The molecule has 0 saturated carbocycles. The first-order valence-corrected chi connectivity index (χ1v) is 4.74. The maximum absolute atomic E-state index is 11.6. The summed E-state index contributed by atoms with van der Waals surface area (Å²) >= 11 is 0. The Morgan fingerprint density at radius 2 is 2.38 bits per heavy atom. The van der Waals surface area contributed by atoms with Crippen LogP contribution in [-0.4, -0.2) is 26.3 Å². The second-order valence-corrected chi connectivity index (χ2v) is 3.43. The molecule has 84 valence electrons. The highest BCUT2D eigenvalue weighted by Crippen LogP contribution is 2.05. The summed E-state index contributed by atoms with van der Waals surface area (Å²) in [6.07, 6.45) is 1.57.